The van der Waals surface area contributed by atoms with Gasteiger partial charge in [0.15, 0.2) is 11.5 Å². The molecule has 104 valence electrons. The second kappa shape index (κ2) is 4.84. The molecule has 1 fully saturated rings. The van der Waals surface area contributed by atoms with Gasteiger partial charge in [-0.25, -0.2) is 0 Å². The Labute approximate surface area is 113 Å². The van der Waals surface area contributed by atoms with Crippen molar-refractivity contribution in [1.82, 2.24) is 10.1 Å². The zero-order valence-electron chi connectivity index (χ0n) is 10.5. The molecule has 0 saturated carbocycles. The highest BCUT2D eigenvalue weighted by Gasteiger charge is 2.32. The molecular weight excluding hydrogens is 264 g/mol. The lowest BCUT2D eigenvalue weighted by Gasteiger charge is -2.13. The van der Waals surface area contributed by atoms with Crippen molar-refractivity contribution < 1.29 is 23.6 Å². The van der Waals surface area contributed by atoms with E-state index in [1.807, 2.05) is 0 Å². The second-order valence-corrected chi connectivity index (χ2v) is 4.63. The molecule has 0 radical (unpaired) electrons. The number of carbonyl (C=O) groups is 2. The maximum Gasteiger partial charge on any atom is 0.308 e. The highest BCUT2D eigenvalue weighted by Crippen LogP contribution is 2.23. The molecule has 7 nitrogen and oxygen atoms in total. The molecule has 1 aliphatic rings. The van der Waals surface area contributed by atoms with Gasteiger partial charge in [-0.1, -0.05) is 5.16 Å². The van der Waals surface area contributed by atoms with Crippen molar-refractivity contribution in [1.29, 1.82) is 0 Å². The van der Waals surface area contributed by atoms with Crippen LogP contribution in [0.15, 0.2) is 33.4 Å². The van der Waals surface area contributed by atoms with E-state index in [2.05, 4.69) is 5.16 Å². The lowest BCUT2D eigenvalue weighted by Crippen LogP contribution is -2.30. The number of aromatic nitrogens is 1. The Balaban J connectivity index is 1.74. The summed E-state index contributed by atoms with van der Waals surface area (Å²) in [5.41, 5.74) is 0.155. The Hall–Kier alpha value is -2.57. The quantitative estimate of drug-likeness (QED) is 0.912. The molecule has 7 heteroatoms. The first kappa shape index (κ1) is 12.5. The van der Waals surface area contributed by atoms with E-state index in [-0.39, 0.29) is 18.1 Å². The van der Waals surface area contributed by atoms with Crippen LogP contribution in [0.1, 0.15) is 16.9 Å². The van der Waals surface area contributed by atoms with Crippen LogP contribution in [0.4, 0.5) is 0 Å². The maximum absolute atomic E-state index is 12.2. The van der Waals surface area contributed by atoms with Gasteiger partial charge in [0.2, 0.25) is 5.76 Å². The van der Waals surface area contributed by atoms with E-state index in [0.29, 0.717) is 24.5 Å². The van der Waals surface area contributed by atoms with Gasteiger partial charge >= 0.3 is 5.97 Å². The molecule has 0 aromatic carbocycles. The molecule has 0 bridgehead atoms. The van der Waals surface area contributed by atoms with Crippen molar-refractivity contribution in [2.75, 3.05) is 13.1 Å². The van der Waals surface area contributed by atoms with Gasteiger partial charge < -0.3 is 18.9 Å². The number of hydrogen-bond acceptors (Lipinski definition) is 5. The van der Waals surface area contributed by atoms with Crippen LogP contribution >= 0.6 is 0 Å². The Kier molecular flexibility index (Phi) is 3.02. The minimum Gasteiger partial charge on any atom is -0.481 e. The van der Waals surface area contributed by atoms with E-state index in [0.717, 1.165) is 0 Å². The van der Waals surface area contributed by atoms with E-state index in [9.17, 15) is 9.59 Å². The van der Waals surface area contributed by atoms with Crippen molar-refractivity contribution in [3.8, 4) is 11.5 Å². The fourth-order valence-electron chi connectivity index (χ4n) is 2.22. The van der Waals surface area contributed by atoms with Gasteiger partial charge in [0.05, 0.1) is 12.2 Å². The normalized spacial score (nSPS) is 18.4. The number of carboxylic acids is 1. The highest BCUT2D eigenvalue weighted by molar-refractivity contribution is 5.93. The molecule has 1 unspecified atom stereocenters. The number of carbonyl (C=O) groups excluding carboxylic acids is 1. The summed E-state index contributed by atoms with van der Waals surface area (Å²) in [6, 6.07) is 4.90. The van der Waals surface area contributed by atoms with E-state index < -0.39 is 11.9 Å². The van der Waals surface area contributed by atoms with Crippen molar-refractivity contribution in [2.45, 2.75) is 6.42 Å². The first-order chi connectivity index (χ1) is 9.65. The third-order valence-electron chi connectivity index (χ3n) is 3.32. The number of likely N-dealkylation sites (tertiary alicyclic amines) is 1. The molecule has 3 heterocycles. The van der Waals surface area contributed by atoms with Crippen LogP contribution in [-0.4, -0.2) is 40.1 Å². The molecule has 1 saturated heterocycles. The summed E-state index contributed by atoms with van der Waals surface area (Å²) in [5.74, 6) is -0.851. The summed E-state index contributed by atoms with van der Waals surface area (Å²) in [4.78, 5) is 24.5. The summed E-state index contributed by atoms with van der Waals surface area (Å²) in [6.45, 7) is 0.621. The molecule has 2 aromatic rings. The van der Waals surface area contributed by atoms with Crippen LogP contribution in [0.3, 0.4) is 0 Å². The van der Waals surface area contributed by atoms with Gasteiger partial charge in [0.1, 0.15) is 0 Å². The zero-order valence-corrected chi connectivity index (χ0v) is 10.5. The predicted molar refractivity (Wildman–Crippen MR) is 65.9 cm³/mol. The number of amides is 1. The Bertz CT molecular complexity index is 631. The average Bonchev–Trinajstić information content (AvgIpc) is 3.17. The molecule has 0 spiro atoms. The molecule has 1 amide bonds. The second-order valence-electron chi connectivity index (χ2n) is 4.63. The summed E-state index contributed by atoms with van der Waals surface area (Å²) in [7, 11) is 0. The van der Waals surface area contributed by atoms with E-state index in [1.165, 1.54) is 17.2 Å². The van der Waals surface area contributed by atoms with E-state index in [4.69, 9.17) is 14.0 Å². The van der Waals surface area contributed by atoms with Crippen LogP contribution in [0, 0.1) is 5.92 Å². The molecule has 2 aromatic heterocycles. The van der Waals surface area contributed by atoms with Crippen LogP contribution in [0.5, 0.6) is 0 Å². The third-order valence-corrected chi connectivity index (χ3v) is 3.32. The molecular formula is C13H12N2O5. The first-order valence-corrected chi connectivity index (χ1v) is 6.18. The summed E-state index contributed by atoms with van der Waals surface area (Å²) in [6.07, 6.45) is 1.96. The monoisotopic (exact) mass is 276 g/mol. The van der Waals surface area contributed by atoms with Crippen molar-refractivity contribution in [3.63, 3.8) is 0 Å². The van der Waals surface area contributed by atoms with Crippen LogP contribution < -0.4 is 0 Å². The zero-order chi connectivity index (χ0) is 14.1. The van der Waals surface area contributed by atoms with Gasteiger partial charge in [-0.3, -0.25) is 9.59 Å². The SMILES string of the molecule is O=C(O)C1CCN(C(=O)c2cc(-c3ccco3)on2)C1. The standard InChI is InChI=1S/C13H12N2O5/c16-12(15-4-3-8(7-15)13(17)18)9-6-11(20-14-9)10-2-1-5-19-10/h1-2,5-6,8H,3-4,7H2,(H,17,18). The van der Waals surface area contributed by atoms with Crippen molar-refractivity contribution in [2.24, 2.45) is 5.92 Å². The van der Waals surface area contributed by atoms with Gasteiger partial charge in [0, 0.05) is 19.2 Å². The number of furan rings is 1. The van der Waals surface area contributed by atoms with E-state index in [1.54, 1.807) is 12.1 Å². The predicted octanol–water partition coefficient (Wildman–Crippen LogP) is 1.48. The largest absolute Gasteiger partial charge is 0.481 e. The lowest BCUT2D eigenvalue weighted by atomic mass is 10.1. The molecule has 1 atom stereocenters. The average molecular weight is 276 g/mol. The first-order valence-electron chi connectivity index (χ1n) is 6.18. The van der Waals surface area contributed by atoms with Crippen LogP contribution in [0.2, 0.25) is 0 Å². The summed E-state index contributed by atoms with van der Waals surface area (Å²) < 4.78 is 10.2. The Morgan fingerprint density at radius 2 is 2.25 bits per heavy atom. The number of nitrogens with zero attached hydrogens (tertiary/aromatic N) is 2. The van der Waals surface area contributed by atoms with Crippen molar-refractivity contribution in [3.05, 3.63) is 30.2 Å². The van der Waals surface area contributed by atoms with Crippen LogP contribution in [0.25, 0.3) is 11.5 Å². The summed E-state index contributed by atoms with van der Waals surface area (Å²) in [5, 5.41) is 12.6. The van der Waals surface area contributed by atoms with Crippen LogP contribution in [-0.2, 0) is 4.79 Å². The minimum atomic E-state index is -0.878. The number of rotatable bonds is 3. The topological polar surface area (TPSA) is 96.8 Å². The van der Waals surface area contributed by atoms with Gasteiger partial charge in [-0.05, 0) is 18.6 Å². The summed E-state index contributed by atoms with van der Waals surface area (Å²) >= 11 is 0. The van der Waals surface area contributed by atoms with E-state index >= 15 is 0 Å². The molecule has 1 aliphatic heterocycles. The van der Waals surface area contributed by atoms with Gasteiger partial charge in [-0.15, -0.1) is 0 Å². The minimum absolute atomic E-state index is 0.155. The number of carboxylic acid groups (broad SMARTS) is 1. The highest BCUT2D eigenvalue weighted by atomic mass is 16.5. The lowest BCUT2D eigenvalue weighted by molar-refractivity contribution is -0.141. The number of hydrogen-bond donors (Lipinski definition) is 1. The fourth-order valence-corrected chi connectivity index (χ4v) is 2.22. The molecule has 3 rings (SSSR count). The Morgan fingerprint density at radius 1 is 1.40 bits per heavy atom. The van der Waals surface area contributed by atoms with Crippen molar-refractivity contribution >= 4 is 11.9 Å². The Morgan fingerprint density at radius 3 is 2.90 bits per heavy atom. The smallest absolute Gasteiger partial charge is 0.308 e. The maximum atomic E-state index is 12.2. The van der Waals surface area contributed by atoms with Gasteiger partial charge in [0.25, 0.3) is 5.91 Å². The number of aliphatic carboxylic acids is 1. The molecule has 1 N–H and O–H groups in total. The van der Waals surface area contributed by atoms with Gasteiger partial charge in [-0.2, -0.15) is 0 Å². The third kappa shape index (κ3) is 2.18. The molecule has 0 aliphatic carbocycles. The fraction of sp³-hybridized carbons (Fsp3) is 0.308. The molecule has 20 heavy (non-hydrogen) atoms.